The van der Waals surface area contributed by atoms with Crippen LogP contribution in [0.1, 0.15) is 21.5 Å². The fourth-order valence-corrected chi connectivity index (χ4v) is 6.59. The van der Waals surface area contributed by atoms with Gasteiger partial charge in [0.25, 0.3) is 5.91 Å². The number of benzene rings is 3. The smallest absolute Gasteiger partial charge is 0.345 e. The molecule has 1 aliphatic heterocycles. The first-order valence-electron chi connectivity index (χ1n) is 11.9. The second-order valence-electron chi connectivity index (χ2n) is 8.86. The van der Waals surface area contributed by atoms with Crippen molar-refractivity contribution in [2.24, 2.45) is 0 Å². The number of rotatable bonds is 5. The van der Waals surface area contributed by atoms with Crippen LogP contribution in [0.4, 0.5) is 5.13 Å². The maximum atomic E-state index is 13.2. The molecule has 3 heterocycles. The van der Waals surface area contributed by atoms with Gasteiger partial charge in [0.2, 0.25) is 10.0 Å². The molecule has 5 aromatic rings. The summed E-state index contributed by atoms with van der Waals surface area (Å²) < 4.78 is 33.2. The Morgan fingerprint density at radius 1 is 0.974 bits per heavy atom. The summed E-state index contributed by atoms with van der Waals surface area (Å²) in [6, 6.07) is 22.6. The zero-order chi connectivity index (χ0) is 26.3. The van der Waals surface area contributed by atoms with Crippen molar-refractivity contribution >= 4 is 43.4 Å². The van der Waals surface area contributed by atoms with Gasteiger partial charge in [0.05, 0.1) is 16.2 Å². The summed E-state index contributed by atoms with van der Waals surface area (Å²) in [7, 11) is -3.70. The minimum atomic E-state index is -3.70. The van der Waals surface area contributed by atoms with E-state index in [9.17, 15) is 18.0 Å². The summed E-state index contributed by atoms with van der Waals surface area (Å²) in [5.74, 6) is -0.438. The molecule has 0 unspecified atom stereocenters. The van der Waals surface area contributed by atoms with E-state index >= 15 is 0 Å². The van der Waals surface area contributed by atoms with Crippen LogP contribution < -0.4 is 10.9 Å². The SMILES string of the molecule is O=C(Nc1nc(-c2cc3ccccc3oc2=O)cs1)c1ccc(S(=O)(=O)N2CCc3ccccc3C2)cc1. The second-order valence-corrected chi connectivity index (χ2v) is 11.7. The van der Waals surface area contributed by atoms with Crippen LogP contribution in [0.25, 0.3) is 22.2 Å². The van der Waals surface area contributed by atoms with Crippen molar-refractivity contribution in [1.82, 2.24) is 9.29 Å². The number of hydrogen-bond donors (Lipinski definition) is 1. The number of amides is 1. The minimum Gasteiger partial charge on any atom is -0.422 e. The summed E-state index contributed by atoms with van der Waals surface area (Å²) in [5, 5.41) is 5.46. The van der Waals surface area contributed by atoms with E-state index in [0.29, 0.717) is 41.5 Å². The minimum absolute atomic E-state index is 0.132. The Kier molecular flexibility index (Phi) is 6.15. The first-order chi connectivity index (χ1) is 18.4. The number of thiazole rings is 1. The van der Waals surface area contributed by atoms with Crippen molar-refractivity contribution in [2.75, 3.05) is 11.9 Å². The Bertz CT molecular complexity index is 1840. The van der Waals surface area contributed by atoms with Gasteiger partial charge in [-0.2, -0.15) is 4.31 Å². The molecule has 2 aromatic heterocycles. The van der Waals surface area contributed by atoms with E-state index in [1.807, 2.05) is 36.4 Å². The van der Waals surface area contributed by atoms with Gasteiger partial charge in [0.1, 0.15) is 5.58 Å². The number of nitrogens with zero attached hydrogens (tertiary/aromatic N) is 2. The molecule has 190 valence electrons. The Morgan fingerprint density at radius 3 is 2.53 bits per heavy atom. The molecule has 0 bridgehead atoms. The molecule has 10 heteroatoms. The van der Waals surface area contributed by atoms with Gasteiger partial charge in [-0.3, -0.25) is 10.1 Å². The van der Waals surface area contributed by atoms with E-state index in [0.717, 1.165) is 16.5 Å². The van der Waals surface area contributed by atoms with Gasteiger partial charge in [0.15, 0.2) is 5.13 Å². The standard InChI is InChI=1S/C28H21N3O5S2/c32-26(30-28-29-24(17-37-28)23-15-20-6-3-4-8-25(20)36-27(23)33)19-9-11-22(12-10-19)38(34,35)31-14-13-18-5-1-2-7-21(18)16-31/h1-12,15,17H,13-14,16H2,(H,29,30,32). The molecule has 1 N–H and O–H groups in total. The normalized spacial score (nSPS) is 13.8. The van der Waals surface area contributed by atoms with Crippen molar-refractivity contribution in [3.63, 3.8) is 0 Å². The molecule has 8 nitrogen and oxygen atoms in total. The first kappa shape index (κ1) is 24.2. The summed E-state index contributed by atoms with van der Waals surface area (Å²) in [6.07, 6.45) is 0.660. The molecule has 6 rings (SSSR count). The zero-order valence-electron chi connectivity index (χ0n) is 20.0. The number of hydrogen-bond acceptors (Lipinski definition) is 7. The fourth-order valence-electron chi connectivity index (χ4n) is 4.47. The second kappa shape index (κ2) is 9.64. The quantitative estimate of drug-likeness (QED) is 0.315. The highest BCUT2D eigenvalue weighted by atomic mass is 32.2. The van der Waals surface area contributed by atoms with Crippen LogP contribution in [0.2, 0.25) is 0 Å². The van der Waals surface area contributed by atoms with Gasteiger partial charge in [-0.1, -0.05) is 42.5 Å². The molecule has 0 fully saturated rings. The van der Waals surface area contributed by atoms with E-state index in [-0.39, 0.29) is 10.5 Å². The zero-order valence-corrected chi connectivity index (χ0v) is 21.6. The third-order valence-electron chi connectivity index (χ3n) is 6.49. The van der Waals surface area contributed by atoms with Gasteiger partial charge in [-0.15, -0.1) is 11.3 Å². The molecule has 1 amide bonds. The topological polar surface area (TPSA) is 110 Å². The number of para-hydroxylation sites is 1. The average Bonchev–Trinajstić information content (AvgIpc) is 3.40. The van der Waals surface area contributed by atoms with Crippen LogP contribution in [0, 0.1) is 0 Å². The molecular weight excluding hydrogens is 522 g/mol. The van der Waals surface area contributed by atoms with Crippen LogP contribution in [0.5, 0.6) is 0 Å². The molecule has 0 saturated heterocycles. The third kappa shape index (κ3) is 4.53. The molecule has 3 aromatic carbocycles. The van der Waals surface area contributed by atoms with Crippen LogP contribution in [0.15, 0.2) is 98.4 Å². The number of fused-ring (bicyclic) bond motifs is 2. The molecule has 0 spiro atoms. The highest BCUT2D eigenvalue weighted by molar-refractivity contribution is 7.89. The first-order valence-corrected chi connectivity index (χ1v) is 14.2. The number of carbonyl (C=O) groups excluding carboxylic acids is 1. The Morgan fingerprint density at radius 2 is 1.71 bits per heavy atom. The largest absolute Gasteiger partial charge is 0.422 e. The van der Waals surface area contributed by atoms with E-state index in [1.54, 1.807) is 23.6 Å². The van der Waals surface area contributed by atoms with Crippen LogP contribution >= 0.6 is 11.3 Å². The molecule has 1 aliphatic rings. The van der Waals surface area contributed by atoms with E-state index in [1.165, 1.54) is 39.9 Å². The van der Waals surface area contributed by atoms with Crippen molar-refractivity contribution in [2.45, 2.75) is 17.9 Å². The summed E-state index contributed by atoms with van der Waals surface area (Å²) >= 11 is 1.18. The highest BCUT2D eigenvalue weighted by Gasteiger charge is 2.28. The molecule has 0 atom stereocenters. The number of aromatic nitrogens is 1. The Hall–Kier alpha value is -4.12. The van der Waals surface area contributed by atoms with Crippen LogP contribution in [-0.2, 0) is 23.0 Å². The molecule has 0 aliphatic carbocycles. The van der Waals surface area contributed by atoms with E-state index < -0.39 is 21.6 Å². The van der Waals surface area contributed by atoms with Crippen LogP contribution in [0.3, 0.4) is 0 Å². The van der Waals surface area contributed by atoms with Gasteiger partial charge in [0, 0.05) is 29.4 Å². The van der Waals surface area contributed by atoms with Gasteiger partial charge >= 0.3 is 5.63 Å². The number of nitrogens with one attached hydrogen (secondary N) is 1. The highest BCUT2D eigenvalue weighted by Crippen LogP contribution is 2.27. The summed E-state index contributed by atoms with van der Waals surface area (Å²) in [4.78, 5) is 29.8. The monoisotopic (exact) mass is 543 g/mol. The van der Waals surface area contributed by atoms with E-state index in [2.05, 4.69) is 10.3 Å². The summed E-state index contributed by atoms with van der Waals surface area (Å²) in [6.45, 7) is 0.728. The lowest BCUT2D eigenvalue weighted by molar-refractivity contribution is 0.102. The lowest BCUT2D eigenvalue weighted by atomic mass is 10.0. The van der Waals surface area contributed by atoms with Crippen LogP contribution in [-0.4, -0.2) is 30.2 Å². The Balaban J connectivity index is 1.17. The predicted octanol–water partition coefficient (Wildman–Crippen LogP) is 4.92. The molecular formula is C28H21N3O5S2. The maximum absolute atomic E-state index is 13.2. The molecule has 38 heavy (non-hydrogen) atoms. The lowest BCUT2D eigenvalue weighted by Gasteiger charge is -2.28. The van der Waals surface area contributed by atoms with E-state index in [4.69, 9.17) is 4.42 Å². The summed E-state index contributed by atoms with van der Waals surface area (Å²) in [5.41, 5.74) is 3.13. The van der Waals surface area contributed by atoms with Crippen molar-refractivity contribution in [3.8, 4) is 11.3 Å². The van der Waals surface area contributed by atoms with Crippen molar-refractivity contribution in [3.05, 3.63) is 111 Å². The third-order valence-corrected chi connectivity index (χ3v) is 9.11. The Labute approximate surface area is 222 Å². The molecule has 0 saturated carbocycles. The van der Waals surface area contributed by atoms with Gasteiger partial charge < -0.3 is 4.42 Å². The van der Waals surface area contributed by atoms with Crippen molar-refractivity contribution < 1.29 is 17.6 Å². The number of carbonyl (C=O) groups is 1. The number of sulfonamides is 1. The van der Waals surface area contributed by atoms with Crippen molar-refractivity contribution in [1.29, 1.82) is 0 Å². The van der Waals surface area contributed by atoms with Gasteiger partial charge in [-0.05, 0) is 53.9 Å². The number of anilines is 1. The maximum Gasteiger partial charge on any atom is 0.345 e. The van der Waals surface area contributed by atoms with Gasteiger partial charge in [-0.25, -0.2) is 18.2 Å². The fraction of sp³-hybridized carbons (Fsp3) is 0.107. The molecule has 0 radical (unpaired) electrons. The lowest BCUT2D eigenvalue weighted by Crippen LogP contribution is -2.35. The average molecular weight is 544 g/mol. The predicted molar refractivity (Wildman–Crippen MR) is 146 cm³/mol.